The second kappa shape index (κ2) is 4.57. The molecule has 1 saturated carbocycles. The average molecular weight is 128 g/mol. The van der Waals surface area contributed by atoms with Gasteiger partial charge in [-0.1, -0.05) is 25.0 Å². The predicted molar refractivity (Wildman–Crippen MR) is 40.4 cm³/mol. The summed E-state index contributed by atoms with van der Waals surface area (Å²) < 4.78 is 0. The largest absolute Gasteiger partial charge is 0.412 e. The number of hydrogen-bond acceptors (Lipinski definition) is 0. The fourth-order valence-electron chi connectivity index (χ4n) is 1.42. The first kappa shape index (κ1) is 8.70. The van der Waals surface area contributed by atoms with Crippen LogP contribution in [-0.4, -0.2) is 5.48 Å². The van der Waals surface area contributed by atoms with E-state index >= 15 is 0 Å². The lowest BCUT2D eigenvalue weighted by Gasteiger charge is -1.96. The second-order valence-electron chi connectivity index (χ2n) is 2.57. The van der Waals surface area contributed by atoms with Gasteiger partial charge in [0.25, 0.3) is 0 Å². The summed E-state index contributed by atoms with van der Waals surface area (Å²) in [6, 6.07) is 0. The van der Waals surface area contributed by atoms with Gasteiger partial charge in [0.1, 0.15) is 0 Å². The molecule has 0 bridgehead atoms. The maximum atomic E-state index is 2.34. The minimum atomic E-state index is 0. The Morgan fingerprint density at radius 2 is 1.78 bits per heavy atom. The van der Waals surface area contributed by atoms with Crippen LogP contribution in [0.25, 0.3) is 0 Å². The highest BCUT2D eigenvalue weighted by Crippen LogP contribution is 2.25. The van der Waals surface area contributed by atoms with Crippen molar-refractivity contribution in [2.75, 3.05) is 0 Å². The Kier molecular flexibility index (Phi) is 4.41. The molecule has 2 N–H and O–H groups in total. The summed E-state index contributed by atoms with van der Waals surface area (Å²) in [4.78, 5) is 0. The average Bonchev–Trinajstić information content (AvgIpc) is 2.19. The maximum absolute atomic E-state index is 2.34. The molecule has 0 atom stereocenters. The van der Waals surface area contributed by atoms with Gasteiger partial charge in [-0.15, -0.1) is 0 Å². The molecule has 0 aromatic carbocycles. The van der Waals surface area contributed by atoms with E-state index in [2.05, 4.69) is 19.1 Å². The van der Waals surface area contributed by atoms with Crippen molar-refractivity contribution < 1.29 is 5.48 Å². The first-order valence-corrected chi connectivity index (χ1v) is 3.56. The molecule has 0 aromatic heterocycles. The molecule has 54 valence electrons. The minimum Gasteiger partial charge on any atom is -0.412 e. The summed E-state index contributed by atoms with van der Waals surface area (Å²) >= 11 is 0. The molecule has 1 heteroatoms. The van der Waals surface area contributed by atoms with Gasteiger partial charge in [0.05, 0.1) is 0 Å². The Morgan fingerprint density at radius 3 is 2.22 bits per heavy atom. The molecule has 0 spiro atoms. The van der Waals surface area contributed by atoms with E-state index in [9.17, 15) is 0 Å². The lowest BCUT2D eigenvalue weighted by atomic mass is 10.1. The first-order valence-electron chi connectivity index (χ1n) is 3.56. The molecule has 1 aliphatic carbocycles. The highest BCUT2D eigenvalue weighted by atomic mass is 16.0. The van der Waals surface area contributed by atoms with E-state index in [1.807, 2.05) is 0 Å². The van der Waals surface area contributed by atoms with Crippen LogP contribution in [0.4, 0.5) is 0 Å². The standard InChI is InChI=1S/C8H14.H2O/c1-2-5-8-6-3-4-7-8;/h2,5,8H,3-4,6-7H2,1H3;1H2. The van der Waals surface area contributed by atoms with Gasteiger partial charge in [-0.2, -0.15) is 0 Å². The van der Waals surface area contributed by atoms with E-state index in [1.54, 1.807) is 0 Å². The quantitative estimate of drug-likeness (QED) is 0.483. The van der Waals surface area contributed by atoms with Gasteiger partial charge in [-0.05, 0) is 25.7 Å². The third-order valence-corrected chi connectivity index (χ3v) is 1.86. The van der Waals surface area contributed by atoms with Crippen LogP contribution in [0.3, 0.4) is 0 Å². The van der Waals surface area contributed by atoms with Gasteiger partial charge in [0.2, 0.25) is 0 Å². The zero-order valence-electron chi connectivity index (χ0n) is 6.06. The fraction of sp³-hybridized carbons (Fsp3) is 0.750. The Bertz CT molecular complexity index is 80.6. The second-order valence-corrected chi connectivity index (χ2v) is 2.57. The summed E-state index contributed by atoms with van der Waals surface area (Å²) in [7, 11) is 0. The highest BCUT2D eigenvalue weighted by molar-refractivity contribution is 4.87. The SMILES string of the molecule is CC=CC1CCCC1.O. The van der Waals surface area contributed by atoms with Crippen LogP contribution in [0.1, 0.15) is 32.6 Å². The van der Waals surface area contributed by atoms with E-state index < -0.39 is 0 Å². The van der Waals surface area contributed by atoms with Crippen molar-refractivity contribution in [1.29, 1.82) is 0 Å². The zero-order valence-corrected chi connectivity index (χ0v) is 6.06. The third-order valence-electron chi connectivity index (χ3n) is 1.86. The van der Waals surface area contributed by atoms with Crippen molar-refractivity contribution >= 4 is 0 Å². The number of rotatable bonds is 1. The monoisotopic (exact) mass is 128 g/mol. The first-order chi connectivity index (χ1) is 3.93. The molecule has 1 nitrogen and oxygen atoms in total. The fourth-order valence-corrected chi connectivity index (χ4v) is 1.42. The molecule has 0 unspecified atom stereocenters. The van der Waals surface area contributed by atoms with Crippen LogP contribution < -0.4 is 0 Å². The maximum Gasteiger partial charge on any atom is -0.0234 e. The van der Waals surface area contributed by atoms with E-state index in [0.29, 0.717) is 0 Å². The van der Waals surface area contributed by atoms with Crippen molar-refractivity contribution in [3.05, 3.63) is 12.2 Å². The predicted octanol–water partition coefficient (Wildman–Crippen LogP) is 1.93. The lowest BCUT2D eigenvalue weighted by molar-refractivity contribution is 0.685. The number of allylic oxidation sites excluding steroid dienone is 2. The Hall–Kier alpha value is -0.300. The summed E-state index contributed by atoms with van der Waals surface area (Å²) in [5, 5.41) is 0. The van der Waals surface area contributed by atoms with Crippen molar-refractivity contribution in [3.8, 4) is 0 Å². The molecule has 9 heavy (non-hydrogen) atoms. The smallest absolute Gasteiger partial charge is 0.0234 e. The van der Waals surface area contributed by atoms with Gasteiger partial charge in [0.15, 0.2) is 0 Å². The summed E-state index contributed by atoms with van der Waals surface area (Å²) in [5.74, 6) is 0.931. The van der Waals surface area contributed by atoms with Crippen LogP contribution >= 0.6 is 0 Å². The molecule has 0 amide bonds. The molecule has 1 fully saturated rings. The zero-order chi connectivity index (χ0) is 5.82. The van der Waals surface area contributed by atoms with Gasteiger partial charge >= 0.3 is 0 Å². The Labute approximate surface area is 57.1 Å². The molecule has 0 aliphatic heterocycles. The number of hydrogen-bond donors (Lipinski definition) is 0. The normalized spacial score (nSPS) is 20.6. The van der Waals surface area contributed by atoms with Gasteiger partial charge < -0.3 is 5.48 Å². The minimum absolute atomic E-state index is 0. The van der Waals surface area contributed by atoms with Crippen molar-refractivity contribution in [3.63, 3.8) is 0 Å². The van der Waals surface area contributed by atoms with Crippen LogP contribution in [0.2, 0.25) is 0 Å². The van der Waals surface area contributed by atoms with Gasteiger partial charge in [0, 0.05) is 0 Å². The van der Waals surface area contributed by atoms with Crippen LogP contribution in [0.5, 0.6) is 0 Å². The van der Waals surface area contributed by atoms with Crippen LogP contribution in [0.15, 0.2) is 12.2 Å². The van der Waals surface area contributed by atoms with Crippen molar-refractivity contribution in [2.45, 2.75) is 32.6 Å². The molecule has 0 heterocycles. The highest BCUT2D eigenvalue weighted by Gasteiger charge is 2.09. The molecule has 1 rings (SSSR count). The molecule has 0 saturated heterocycles. The molecule has 1 aliphatic rings. The summed E-state index contributed by atoms with van der Waals surface area (Å²) in [5.41, 5.74) is 0. The molecular formula is C8H16O. The van der Waals surface area contributed by atoms with Crippen LogP contribution in [-0.2, 0) is 0 Å². The third kappa shape index (κ3) is 2.66. The van der Waals surface area contributed by atoms with Crippen molar-refractivity contribution in [2.24, 2.45) is 5.92 Å². The van der Waals surface area contributed by atoms with E-state index in [0.717, 1.165) is 5.92 Å². The lowest BCUT2D eigenvalue weighted by Crippen LogP contribution is -1.83. The Balaban J connectivity index is 0.000000640. The summed E-state index contributed by atoms with van der Waals surface area (Å²) in [6.45, 7) is 2.11. The van der Waals surface area contributed by atoms with Crippen molar-refractivity contribution in [1.82, 2.24) is 0 Å². The molecule has 0 aromatic rings. The van der Waals surface area contributed by atoms with E-state index in [1.165, 1.54) is 25.7 Å². The summed E-state index contributed by atoms with van der Waals surface area (Å²) in [6.07, 6.45) is 10.3. The van der Waals surface area contributed by atoms with Gasteiger partial charge in [-0.3, -0.25) is 0 Å². The van der Waals surface area contributed by atoms with E-state index in [4.69, 9.17) is 0 Å². The van der Waals surface area contributed by atoms with Gasteiger partial charge in [-0.25, -0.2) is 0 Å². The molecule has 0 radical (unpaired) electrons. The van der Waals surface area contributed by atoms with E-state index in [-0.39, 0.29) is 5.48 Å². The van der Waals surface area contributed by atoms with Crippen LogP contribution in [0, 0.1) is 5.92 Å². The Morgan fingerprint density at radius 1 is 1.22 bits per heavy atom. The topological polar surface area (TPSA) is 31.5 Å². The molecular weight excluding hydrogens is 112 g/mol.